The van der Waals surface area contributed by atoms with Gasteiger partial charge in [-0.05, 0) is 62.9 Å². The van der Waals surface area contributed by atoms with E-state index >= 15 is 0 Å². The molecule has 1 N–H and O–H groups in total. The number of rotatable bonds is 4. The summed E-state index contributed by atoms with van der Waals surface area (Å²) in [5, 5.41) is 3.22. The average molecular weight is 341 g/mol. The van der Waals surface area contributed by atoms with Crippen molar-refractivity contribution in [1.29, 1.82) is 0 Å². The maximum atomic E-state index is 13.6. The van der Waals surface area contributed by atoms with Gasteiger partial charge < -0.3 is 10.2 Å². The third-order valence-corrected chi connectivity index (χ3v) is 5.39. The van der Waals surface area contributed by atoms with Crippen LogP contribution in [0.3, 0.4) is 0 Å². The minimum atomic E-state index is -0.460. The van der Waals surface area contributed by atoms with Crippen molar-refractivity contribution in [3.05, 3.63) is 35.6 Å². The minimum Gasteiger partial charge on any atom is -0.342 e. The fraction of sp³-hybridized carbons (Fsp3) is 0.611. The van der Waals surface area contributed by atoms with Gasteiger partial charge in [-0.15, -0.1) is 12.4 Å². The molecule has 0 bridgehead atoms. The highest BCUT2D eigenvalue weighted by molar-refractivity contribution is 5.89. The Balaban J connectivity index is 0.00000192. The first-order valence-corrected chi connectivity index (χ1v) is 8.36. The van der Waals surface area contributed by atoms with Crippen LogP contribution < -0.4 is 5.32 Å². The zero-order valence-electron chi connectivity index (χ0n) is 13.7. The monoisotopic (exact) mass is 340 g/mol. The molecule has 1 aromatic rings. The van der Waals surface area contributed by atoms with Gasteiger partial charge in [-0.25, -0.2) is 4.39 Å². The Labute approximate surface area is 144 Å². The smallest absolute Gasteiger partial charge is 0.233 e. The molecule has 1 amide bonds. The van der Waals surface area contributed by atoms with E-state index in [1.54, 1.807) is 12.1 Å². The number of piperidine rings is 1. The van der Waals surface area contributed by atoms with Crippen molar-refractivity contribution in [3.8, 4) is 0 Å². The van der Waals surface area contributed by atoms with E-state index in [1.807, 2.05) is 18.0 Å². The van der Waals surface area contributed by atoms with Crippen LogP contribution in [0.5, 0.6) is 0 Å². The van der Waals surface area contributed by atoms with Crippen molar-refractivity contribution in [2.45, 2.75) is 37.5 Å². The van der Waals surface area contributed by atoms with Crippen LogP contribution in [0, 0.1) is 11.7 Å². The number of hydrogen-bond acceptors (Lipinski definition) is 2. The molecule has 0 aromatic heterocycles. The molecule has 3 nitrogen and oxygen atoms in total. The van der Waals surface area contributed by atoms with Gasteiger partial charge in [0.2, 0.25) is 5.91 Å². The molecule has 2 aliphatic rings. The Hall–Kier alpha value is -1.13. The molecule has 1 aliphatic carbocycles. The van der Waals surface area contributed by atoms with E-state index in [1.165, 1.54) is 6.07 Å². The van der Waals surface area contributed by atoms with Gasteiger partial charge in [0.25, 0.3) is 0 Å². The van der Waals surface area contributed by atoms with Gasteiger partial charge in [-0.1, -0.05) is 18.6 Å². The predicted octanol–water partition coefficient (Wildman–Crippen LogP) is 3.13. The normalized spacial score (nSPS) is 20.5. The molecule has 23 heavy (non-hydrogen) atoms. The molecular formula is C18H26ClFN2O. The molecule has 128 valence electrons. The molecule has 1 aromatic carbocycles. The Kier molecular flexibility index (Phi) is 6.04. The lowest BCUT2D eigenvalue weighted by Gasteiger charge is -2.45. The van der Waals surface area contributed by atoms with Crippen LogP contribution in [0.15, 0.2) is 24.3 Å². The first-order valence-electron chi connectivity index (χ1n) is 8.36. The molecule has 0 unspecified atom stereocenters. The van der Waals surface area contributed by atoms with Crippen molar-refractivity contribution >= 4 is 18.3 Å². The number of nitrogens with zero attached hydrogens (tertiary/aromatic N) is 1. The topological polar surface area (TPSA) is 32.3 Å². The lowest BCUT2D eigenvalue weighted by Crippen LogP contribution is -2.53. The van der Waals surface area contributed by atoms with Crippen molar-refractivity contribution < 1.29 is 9.18 Å². The van der Waals surface area contributed by atoms with E-state index in [0.29, 0.717) is 5.92 Å². The summed E-state index contributed by atoms with van der Waals surface area (Å²) in [5.74, 6) is 0.636. The van der Waals surface area contributed by atoms with Crippen LogP contribution in [0.1, 0.15) is 37.7 Å². The molecule has 1 saturated carbocycles. The van der Waals surface area contributed by atoms with E-state index in [4.69, 9.17) is 0 Å². The molecule has 5 heteroatoms. The maximum absolute atomic E-state index is 13.6. The first kappa shape index (κ1) is 18.2. The highest BCUT2D eigenvalue weighted by atomic mass is 35.5. The van der Waals surface area contributed by atoms with Crippen molar-refractivity contribution in [3.63, 3.8) is 0 Å². The summed E-state index contributed by atoms with van der Waals surface area (Å²) in [6.07, 6.45) is 4.88. The third kappa shape index (κ3) is 3.53. The second-order valence-corrected chi connectivity index (χ2v) is 6.74. The second kappa shape index (κ2) is 7.63. The van der Waals surface area contributed by atoms with E-state index in [9.17, 15) is 9.18 Å². The van der Waals surface area contributed by atoms with Crippen molar-refractivity contribution in [2.75, 3.05) is 26.7 Å². The summed E-state index contributed by atoms with van der Waals surface area (Å²) < 4.78 is 13.6. The standard InChI is InChI=1S/C18H25FN2O.ClH/c1-20-13-14-6-10-21(11-7-14)17(22)18(8-3-9-18)15-4-2-5-16(19)12-15;/h2,4-5,12,14,20H,3,6-11,13H2,1H3;1H. The summed E-state index contributed by atoms with van der Waals surface area (Å²) in [6, 6.07) is 6.62. The molecule has 1 saturated heterocycles. The van der Waals surface area contributed by atoms with E-state index < -0.39 is 5.41 Å². The van der Waals surface area contributed by atoms with Crippen LogP contribution in [0.25, 0.3) is 0 Å². The first-order chi connectivity index (χ1) is 10.7. The van der Waals surface area contributed by atoms with Gasteiger partial charge in [0.1, 0.15) is 5.82 Å². The molecule has 0 spiro atoms. The maximum Gasteiger partial charge on any atom is 0.233 e. The zero-order valence-corrected chi connectivity index (χ0v) is 14.5. The number of nitrogens with one attached hydrogen (secondary N) is 1. The quantitative estimate of drug-likeness (QED) is 0.913. The van der Waals surface area contributed by atoms with Gasteiger partial charge in [0.15, 0.2) is 0 Å². The summed E-state index contributed by atoms with van der Waals surface area (Å²) in [6.45, 7) is 2.70. The molecule has 1 heterocycles. The Morgan fingerprint density at radius 2 is 2.04 bits per heavy atom. The number of halogens is 2. The van der Waals surface area contributed by atoms with Gasteiger partial charge in [0, 0.05) is 13.1 Å². The van der Waals surface area contributed by atoms with E-state index in [0.717, 1.165) is 57.3 Å². The molecule has 0 atom stereocenters. The SMILES string of the molecule is CNCC1CCN(C(=O)C2(c3cccc(F)c3)CCC2)CC1.Cl. The molecule has 1 aliphatic heterocycles. The number of benzene rings is 1. The predicted molar refractivity (Wildman–Crippen MR) is 92.4 cm³/mol. The average Bonchev–Trinajstić information content (AvgIpc) is 2.47. The summed E-state index contributed by atoms with van der Waals surface area (Å²) in [5.41, 5.74) is 0.402. The zero-order chi connectivity index (χ0) is 15.6. The number of carbonyl (C=O) groups is 1. The molecule has 3 rings (SSSR count). The third-order valence-electron chi connectivity index (χ3n) is 5.39. The van der Waals surface area contributed by atoms with Crippen LogP contribution in [0.2, 0.25) is 0 Å². The van der Waals surface area contributed by atoms with Gasteiger partial charge in [-0.3, -0.25) is 4.79 Å². The Morgan fingerprint density at radius 1 is 1.35 bits per heavy atom. The largest absolute Gasteiger partial charge is 0.342 e. The van der Waals surface area contributed by atoms with Crippen molar-refractivity contribution in [2.24, 2.45) is 5.92 Å². The Morgan fingerprint density at radius 3 is 2.57 bits per heavy atom. The number of hydrogen-bond donors (Lipinski definition) is 1. The van der Waals surface area contributed by atoms with Gasteiger partial charge in [-0.2, -0.15) is 0 Å². The van der Waals surface area contributed by atoms with Crippen LogP contribution >= 0.6 is 12.4 Å². The van der Waals surface area contributed by atoms with E-state index in [-0.39, 0.29) is 24.1 Å². The fourth-order valence-electron chi connectivity index (χ4n) is 3.87. The Bertz CT molecular complexity index is 540. The molecular weight excluding hydrogens is 315 g/mol. The summed E-state index contributed by atoms with van der Waals surface area (Å²) >= 11 is 0. The highest BCUT2D eigenvalue weighted by Gasteiger charge is 2.48. The summed E-state index contributed by atoms with van der Waals surface area (Å²) in [4.78, 5) is 15.1. The van der Waals surface area contributed by atoms with Gasteiger partial charge >= 0.3 is 0 Å². The lowest BCUT2D eigenvalue weighted by molar-refractivity contribution is -0.142. The van der Waals surface area contributed by atoms with E-state index in [2.05, 4.69) is 5.32 Å². The molecule has 2 fully saturated rings. The van der Waals surface area contributed by atoms with Gasteiger partial charge in [0.05, 0.1) is 5.41 Å². The molecule has 0 radical (unpaired) electrons. The van der Waals surface area contributed by atoms with Crippen LogP contribution in [-0.2, 0) is 10.2 Å². The lowest BCUT2D eigenvalue weighted by atomic mass is 9.63. The minimum absolute atomic E-state index is 0. The number of carbonyl (C=O) groups excluding carboxylic acids is 1. The number of likely N-dealkylation sites (tertiary alicyclic amines) is 1. The highest BCUT2D eigenvalue weighted by Crippen LogP contribution is 2.45. The second-order valence-electron chi connectivity index (χ2n) is 6.74. The number of amides is 1. The summed E-state index contributed by atoms with van der Waals surface area (Å²) in [7, 11) is 1.98. The fourth-order valence-corrected chi connectivity index (χ4v) is 3.87. The van der Waals surface area contributed by atoms with Crippen molar-refractivity contribution in [1.82, 2.24) is 10.2 Å². The van der Waals surface area contributed by atoms with Crippen LogP contribution in [-0.4, -0.2) is 37.5 Å². The van der Waals surface area contributed by atoms with Crippen LogP contribution in [0.4, 0.5) is 4.39 Å².